The van der Waals surface area contributed by atoms with Crippen molar-refractivity contribution < 1.29 is 19.1 Å². The van der Waals surface area contributed by atoms with Crippen LogP contribution in [0, 0.1) is 0 Å². The number of methoxy groups -OCH3 is 2. The van der Waals surface area contributed by atoms with E-state index in [2.05, 4.69) is 0 Å². The highest BCUT2D eigenvalue weighted by Crippen LogP contribution is 2.49. The fourth-order valence-corrected chi connectivity index (χ4v) is 5.99. The molecule has 0 radical (unpaired) electrons. The SMILES string of the molecule is COc1cc2c(cc1OC)[C@@H]1[C@@H](C(=O)N(C)C3CCCCC3)c3ccccc3C(=O)N1CC2. The summed E-state index contributed by atoms with van der Waals surface area (Å²) in [5.41, 5.74) is 3.57. The van der Waals surface area contributed by atoms with Gasteiger partial charge in [-0.15, -0.1) is 0 Å². The van der Waals surface area contributed by atoms with Crippen molar-refractivity contribution in [3.8, 4) is 11.5 Å². The van der Waals surface area contributed by atoms with E-state index < -0.39 is 5.92 Å². The van der Waals surface area contributed by atoms with Gasteiger partial charge in [-0.2, -0.15) is 0 Å². The number of benzene rings is 2. The van der Waals surface area contributed by atoms with Crippen molar-refractivity contribution >= 4 is 11.8 Å². The van der Waals surface area contributed by atoms with Crippen molar-refractivity contribution in [1.82, 2.24) is 9.80 Å². The number of fused-ring (bicyclic) bond motifs is 4. The molecule has 5 rings (SSSR count). The Hall–Kier alpha value is -3.02. The molecule has 0 unspecified atom stereocenters. The van der Waals surface area contributed by atoms with Gasteiger partial charge in [-0.25, -0.2) is 0 Å². The molecule has 6 nitrogen and oxygen atoms in total. The van der Waals surface area contributed by atoms with Gasteiger partial charge in [0.25, 0.3) is 5.91 Å². The minimum atomic E-state index is -0.442. The number of hydrogen-bond donors (Lipinski definition) is 0. The van der Waals surface area contributed by atoms with Gasteiger partial charge >= 0.3 is 0 Å². The van der Waals surface area contributed by atoms with Crippen LogP contribution in [0.4, 0.5) is 0 Å². The number of likely N-dealkylation sites (N-methyl/N-ethyl adjacent to an activating group) is 1. The lowest BCUT2D eigenvalue weighted by atomic mass is 9.75. The van der Waals surface area contributed by atoms with Crippen LogP contribution in [0.1, 0.15) is 71.1 Å². The van der Waals surface area contributed by atoms with Crippen LogP contribution in [-0.2, 0) is 11.2 Å². The fraction of sp³-hybridized carbons (Fsp3) is 0.481. The maximum atomic E-state index is 14.1. The average Bonchev–Trinajstić information content (AvgIpc) is 2.87. The Kier molecular flexibility index (Phi) is 5.77. The van der Waals surface area contributed by atoms with Crippen molar-refractivity contribution in [3.05, 3.63) is 58.7 Å². The molecule has 1 aliphatic carbocycles. The van der Waals surface area contributed by atoms with Gasteiger partial charge in [0.05, 0.1) is 26.2 Å². The van der Waals surface area contributed by atoms with E-state index in [4.69, 9.17) is 9.47 Å². The smallest absolute Gasteiger partial charge is 0.254 e. The second-order valence-corrected chi connectivity index (χ2v) is 9.41. The molecule has 1 saturated carbocycles. The number of ether oxygens (including phenoxy) is 2. The first kappa shape index (κ1) is 21.8. The lowest BCUT2D eigenvalue weighted by Crippen LogP contribution is -2.51. The summed E-state index contributed by atoms with van der Waals surface area (Å²) in [6.07, 6.45) is 6.38. The predicted octanol–water partition coefficient (Wildman–Crippen LogP) is 4.33. The molecule has 2 aromatic rings. The van der Waals surface area contributed by atoms with Gasteiger partial charge in [-0.3, -0.25) is 9.59 Å². The molecule has 1 fully saturated rings. The third kappa shape index (κ3) is 3.56. The molecule has 2 aliphatic heterocycles. The van der Waals surface area contributed by atoms with Crippen molar-refractivity contribution in [3.63, 3.8) is 0 Å². The Bertz CT molecular complexity index is 1080. The summed E-state index contributed by atoms with van der Waals surface area (Å²) < 4.78 is 11.1. The average molecular weight is 449 g/mol. The van der Waals surface area contributed by atoms with Crippen molar-refractivity contribution in [2.75, 3.05) is 27.8 Å². The highest BCUT2D eigenvalue weighted by molar-refractivity contribution is 6.01. The monoisotopic (exact) mass is 448 g/mol. The standard InChI is InChI=1S/C27H32N2O4/c1-28(18-9-5-4-6-10-18)27(31)24-19-11-7-8-12-20(19)26(30)29-14-13-17-15-22(32-2)23(33-3)16-21(17)25(24)29/h7-8,11-12,15-16,18,24-25H,4-6,9-10,13-14H2,1-3H3/t24-,25+/m0/s1. The lowest BCUT2D eigenvalue weighted by Gasteiger charge is -2.47. The molecule has 0 saturated heterocycles. The summed E-state index contributed by atoms with van der Waals surface area (Å²) in [7, 11) is 5.19. The van der Waals surface area contributed by atoms with E-state index in [1.165, 1.54) is 6.42 Å². The van der Waals surface area contributed by atoms with Crippen molar-refractivity contribution in [2.24, 2.45) is 0 Å². The normalized spacial score (nSPS) is 22.2. The predicted molar refractivity (Wildman–Crippen MR) is 126 cm³/mol. The van der Waals surface area contributed by atoms with E-state index in [9.17, 15) is 9.59 Å². The molecular formula is C27H32N2O4. The third-order valence-corrected chi connectivity index (χ3v) is 7.76. The topological polar surface area (TPSA) is 59.1 Å². The Morgan fingerprint density at radius 3 is 2.42 bits per heavy atom. The highest BCUT2D eigenvalue weighted by Gasteiger charge is 2.48. The molecule has 2 aromatic carbocycles. The van der Waals surface area contributed by atoms with Crippen molar-refractivity contribution in [1.29, 1.82) is 0 Å². The number of hydrogen-bond acceptors (Lipinski definition) is 4. The van der Waals surface area contributed by atoms with Gasteiger partial charge < -0.3 is 19.3 Å². The van der Waals surface area contributed by atoms with Crippen LogP contribution in [0.5, 0.6) is 11.5 Å². The summed E-state index contributed by atoms with van der Waals surface area (Å²) >= 11 is 0. The van der Waals surface area contributed by atoms with E-state index in [1.807, 2.05) is 53.2 Å². The number of nitrogens with zero attached hydrogens (tertiary/aromatic N) is 2. The van der Waals surface area contributed by atoms with Gasteiger partial charge in [-0.05, 0) is 54.2 Å². The van der Waals surface area contributed by atoms with Gasteiger partial charge in [0, 0.05) is 25.2 Å². The zero-order valence-electron chi connectivity index (χ0n) is 19.7. The van der Waals surface area contributed by atoms with E-state index in [-0.39, 0.29) is 23.9 Å². The summed E-state index contributed by atoms with van der Waals surface area (Å²) in [5, 5.41) is 0. The van der Waals surface area contributed by atoms with Crippen LogP contribution < -0.4 is 9.47 Å². The second-order valence-electron chi connectivity index (χ2n) is 9.41. The number of rotatable bonds is 4. The number of amides is 2. The number of carbonyl (C=O) groups is 2. The first-order valence-electron chi connectivity index (χ1n) is 12.0. The third-order valence-electron chi connectivity index (χ3n) is 7.76. The van der Waals surface area contributed by atoms with E-state index in [0.717, 1.165) is 48.8 Å². The Morgan fingerprint density at radius 2 is 1.70 bits per heavy atom. The molecule has 33 heavy (non-hydrogen) atoms. The maximum Gasteiger partial charge on any atom is 0.254 e. The molecule has 2 amide bonds. The molecule has 0 bridgehead atoms. The molecule has 0 aromatic heterocycles. The zero-order chi connectivity index (χ0) is 23.1. The zero-order valence-corrected chi connectivity index (χ0v) is 19.7. The number of carbonyl (C=O) groups excluding carboxylic acids is 2. The van der Waals surface area contributed by atoms with Gasteiger partial charge in [0.1, 0.15) is 0 Å². The van der Waals surface area contributed by atoms with Gasteiger partial charge in [0.2, 0.25) is 5.91 Å². The van der Waals surface area contributed by atoms with E-state index >= 15 is 0 Å². The second kappa shape index (κ2) is 8.73. The van der Waals surface area contributed by atoms with Crippen molar-refractivity contribution in [2.45, 2.75) is 56.5 Å². The quantitative estimate of drug-likeness (QED) is 0.699. The minimum absolute atomic E-state index is 0.000374. The van der Waals surface area contributed by atoms with Crippen LogP contribution in [-0.4, -0.2) is 55.5 Å². The Balaban J connectivity index is 1.64. The maximum absolute atomic E-state index is 14.1. The first-order chi connectivity index (χ1) is 16.0. The largest absolute Gasteiger partial charge is 0.493 e. The molecule has 2 heterocycles. The fourth-order valence-electron chi connectivity index (χ4n) is 5.99. The summed E-state index contributed by atoms with van der Waals surface area (Å²) in [6.45, 7) is 0.581. The van der Waals surface area contributed by atoms with Gasteiger partial charge in [0.15, 0.2) is 11.5 Å². The minimum Gasteiger partial charge on any atom is -0.493 e. The van der Waals surface area contributed by atoms with E-state index in [0.29, 0.717) is 23.6 Å². The molecule has 0 spiro atoms. The van der Waals surface area contributed by atoms with Crippen LogP contribution in [0.2, 0.25) is 0 Å². The van der Waals surface area contributed by atoms with Crippen LogP contribution in [0.15, 0.2) is 36.4 Å². The van der Waals surface area contributed by atoms with Crippen LogP contribution in [0.25, 0.3) is 0 Å². The van der Waals surface area contributed by atoms with Crippen LogP contribution >= 0.6 is 0 Å². The summed E-state index contributed by atoms with van der Waals surface area (Å²) in [6, 6.07) is 11.5. The highest BCUT2D eigenvalue weighted by atomic mass is 16.5. The molecule has 3 aliphatic rings. The molecular weight excluding hydrogens is 416 g/mol. The van der Waals surface area contributed by atoms with E-state index in [1.54, 1.807) is 14.2 Å². The lowest BCUT2D eigenvalue weighted by molar-refractivity contribution is -0.136. The summed E-state index contributed by atoms with van der Waals surface area (Å²) in [5.74, 6) is 0.952. The summed E-state index contributed by atoms with van der Waals surface area (Å²) in [4.78, 5) is 31.5. The molecule has 6 heteroatoms. The molecule has 174 valence electrons. The first-order valence-corrected chi connectivity index (χ1v) is 12.0. The van der Waals surface area contributed by atoms with Gasteiger partial charge in [-0.1, -0.05) is 37.5 Å². The van der Waals surface area contributed by atoms with Crippen LogP contribution in [0.3, 0.4) is 0 Å². The molecule has 0 N–H and O–H groups in total. The Morgan fingerprint density at radius 1 is 1.00 bits per heavy atom. The Labute approximate surface area is 195 Å². The molecule has 2 atom stereocenters.